The van der Waals surface area contributed by atoms with Crippen LogP contribution in [0.2, 0.25) is 15.2 Å². The molecule has 0 saturated heterocycles. The van der Waals surface area contributed by atoms with E-state index >= 15 is 4.39 Å². The van der Waals surface area contributed by atoms with Crippen LogP contribution >= 0.6 is 34.8 Å². The van der Waals surface area contributed by atoms with Gasteiger partial charge < -0.3 is 9.57 Å². The number of rotatable bonds is 7. The Bertz CT molecular complexity index is 1320. The second kappa shape index (κ2) is 9.97. The van der Waals surface area contributed by atoms with Gasteiger partial charge in [0.25, 0.3) is 0 Å². The van der Waals surface area contributed by atoms with Gasteiger partial charge in [-0.1, -0.05) is 58.2 Å². The predicted octanol–water partition coefficient (Wildman–Crippen LogP) is 6.01. The maximum atomic E-state index is 15.1. The second-order valence-corrected chi connectivity index (χ2v) is 9.47. The number of hydrogen-bond donors (Lipinski definition) is 0. The highest BCUT2D eigenvalue weighted by atomic mass is 35.5. The predicted molar refractivity (Wildman–Crippen MR) is 130 cm³/mol. The molecule has 35 heavy (non-hydrogen) atoms. The standard InChI is InChI=1S/C24H18Cl3FN4O3/c25-15-7-6-14(19(26)9-15)8-16-11-34-31-23(32(16)12-33)18-10-21(27)29-30-24(18)35-20-3-1-2-17(22(20)28)13-4-5-13/h1-3,6-7,9-10,12-13,16H,4-5,8,11H2/t16-/m1/s1. The number of halogens is 4. The van der Waals surface area contributed by atoms with Crippen LogP contribution in [0.4, 0.5) is 4.39 Å². The van der Waals surface area contributed by atoms with Gasteiger partial charge in [-0.15, -0.1) is 10.2 Å². The summed E-state index contributed by atoms with van der Waals surface area (Å²) >= 11 is 18.4. The summed E-state index contributed by atoms with van der Waals surface area (Å²) in [6.07, 6.45) is 2.87. The molecule has 180 valence electrons. The van der Waals surface area contributed by atoms with E-state index in [-0.39, 0.29) is 40.7 Å². The highest BCUT2D eigenvalue weighted by Gasteiger charge is 2.33. The quantitative estimate of drug-likeness (QED) is 0.347. The summed E-state index contributed by atoms with van der Waals surface area (Å²) in [5.74, 6) is -0.238. The molecule has 1 aliphatic heterocycles. The van der Waals surface area contributed by atoms with E-state index < -0.39 is 11.9 Å². The van der Waals surface area contributed by atoms with E-state index in [1.807, 2.05) is 0 Å². The van der Waals surface area contributed by atoms with Gasteiger partial charge in [0, 0.05) is 10.0 Å². The van der Waals surface area contributed by atoms with Gasteiger partial charge in [0.2, 0.25) is 12.3 Å². The van der Waals surface area contributed by atoms with Crippen molar-refractivity contribution in [3.63, 3.8) is 0 Å². The molecule has 3 aromatic rings. The van der Waals surface area contributed by atoms with Crippen molar-refractivity contribution in [2.24, 2.45) is 5.16 Å². The number of amidine groups is 1. The molecule has 1 fully saturated rings. The molecule has 2 aliphatic rings. The fraction of sp³-hybridized carbons (Fsp3) is 0.250. The Morgan fingerprint density at radius 1 is 1.14 bits per heavy atom. The summed E-state index contributed by atoms with van der Waals surface area (Å²) in [5, 5.41) is 12.9. The Hall–Kier alpha value is -2.94. The third kappa shape index (κ3) is 5.05. The smallest absolute Gasteiger partial charge is 0.250 e. The number of oxime groups is 1. The van der Waals surface area contributed by atoms with E-state index in [1.165, 1.54) is 17.0 Å². The van der Waals surface area contributed by atoms with Gasteiger partial charge in [-0.05, 0) is 60.6 Å². The summed E-state index contributed by atoms with van der Waals surface area (Å²) in [7, 11) is 0. The third-order valence-electron chi connectivity index (χ3n) is 5.83. The first kappa shape index (κ1) is 23.8. The highest BCUT2D eigenvalue weighted by molar-refractivity contribution is 6.35. The molecule has 0 N–H and O–H groups in total. The molecule has 11 heteroatoms. The summed E-state index contributed by atoms with van der Waals surface area (Å²) < 4.78 is 20.9. The van der Waals surface area contributed by atoms with E-state index in [1.54, 1.807) is 30.3 Å². The first-order valence-electron chi connectivity index (χ1n) is 10.8. The molecule has 5 rings (SSSR count). The van der Waals surface area contributed by atoms with Gasteiger partial charge in [0.15, 0.2) is 22.6 Å². The van der Waals surface area contributed by atoms with Crippen LogP contribution in [0.25, 0.3) is 0 Å². The topological polar surface area (TPSA) is 76.9 Å². The van der Waals surface area contributed by atoms with Crippen molar-refractivity contribution in [2.45, 2.75) is 31.2 Å². The summed E-state index contributed by atoms with van der Waals surface area (Å²) in [6, 6.07) is 11.1. The Morgan fingerprint density at radius 3 is 2.71 bits per heavy atom. The van der Waals surface area contributed by atoms with Crippen LogP contribution in [0.5, 0.6) is 11.6 Å². The zero-order chi connectivity index (χ0) is 24.5. The number of benzene rings is 2. The number of ether oxygens (including phenoxy) is 1. The van der Waals surface area contributed by atoms with Crippen molar-refractivity contribution in [3.05, 3.63) is 80.2 Å². The largest absolute Gasteiger partial charge is 0.434 e. The van der Waals surface area contributed by atoms with Crippen molar-refractivity contribution < 1.29 is 18.8 Å². The second-order valence-electron chi connectivity index (χ2n) is 8.24. The van der Waals surface area contributed by atoms with Gasteiger partial charge in [-0.3, -0.25) is 9.69 Å². The molecule has 7 nitrogen and oxygen atoms in total. The number of carbonyl (C=O) groups excluding carboxylic acids is 1. The lowest BCUT2D eigenvalue weighted by Crippen LogP contribution is -2.46. The number of amides is 1. The molecule has 2 heterocycles. The minimum Gasteiger partial charge on any atom is -0.434 e. The van der Waals surface area contributed by atoms with Crippen molar-refractivity contribution in [2.75, 3.05) is 6.61 Å². The van der Waals surface area contributed by atoms with Gasteiger partial charge >= 0.3 is 0 Å². The van der Waals surface area contributed by atoms with Crippen LogP contribution in [0, 0.1) is 5.82 Å². The Kier molecular flexibility index (Phi) is 6.77. The number of aromatic nitrogens is 2. The van der Waals surface area contributed by atoms with E-state index in [4.69, 9.17) is 44.4 Å². The SMILES string of the molecule is O=CN1C(c2cc(Cl)nnc2Oc2cccc(C3CC3)c2F)=NOC[C@H]1Cc1ccc(Cl)cc1Cl. The number of carbonyl (C=O) groups is 1. The first-order chi connectivity index (χ1) is 16.9. The fourth-order valence-electron chi connectivity index (χ4n) is 3.92. The fourth-order valence-corrected chi connectivity index (χ4v) is 4.55. The molecular weight excluding hydrogens is 518 g/mol. The van der Waals surface area contributed by atoms with Gasteiger partial charge in [-0.2, -0.15) is 0 Å². The summed E-state index contributed by atoms with van der Waals surface area (Å²) in [6.45, 7) is 0.127. The van der Waals surface area contributed by atoms with Crippen LogP contribution in [0.3, 0.4) is 0 Å². The zero-order valence-corrected chi connectivity index (χ0v) is 20.4. The lowest BCUT2D eigenvalue weighted by molar-refractivity contribution is -0.118. The molecule has 1 saturated carbocycles. The molecule has 0 spiro atoms. The molecule has 0 radical (unpaired) electrons. The van der Waals surface area contributed by atoms with Crippen LogP contribution < -0.4 is 4.74 Å². The number of hydrogen-bond acceptors (Lipinski definition) is 6. The number of nitrogens with zero attached hydrogens (tertiary/aromatic N) is 4. The highest BCUT2D eigenvalue weighted by Crippen LogP contribution is 2.43. The maximum absolute atomic E-state index is 15.1. The van der Waals surface area contributed by atoms with Gasteiger partial charge in [0.05, 0.1) is 11.6 Å². The van der Waals surface area contributed by atoms with Gasteiger partial charge in [-0.25, -0.2) is 4.39 Å². The maximum Gasteiger partial charge on any atom is 0.250 e. The van der Waals surface area contributed by atoms with E-state index in [0.29, 0.717) is 28.4 Å². The van der Waals surface area contributed by atoms with Crippen molar-refractivity contribution in [1.29, 1.82) is 0 Å². The van der Waals surface area contributed by atoms with Crippen molar-refractivity contribution >= 4 is 47.0 Å². The van der Waals surface area contributed by atoms with E-state index in [0.717, 1.165) is 18.4 Å². The molecule has 1 aromatic heterocycles. The Labute approximate surface area is 215 Å². The molecule has 1 atom stereocenters. The Balaban J connectivity index is 1.47. The minimum absolute atomic E-state index is 0.00764. The van der Waals surface area contributed by atoms with Crippen LogP contribution in [-0.2, 0) is 16.1 Å². The lowest BCUT2D eigenvalue weighted by Gasteiger charge is -2.32. The monoisotopic (exact) mass is 534 g/mol. The zero-order valence-electron chi connectivity index (χ0n) is 18.1. The van der Waals surface area contributed by atoms with Crippen LogP contribution in [-0.4, -0.2) is 40.0 Å². The van der Waals surface area contributed by atoms with E-state index in [2.05, 4.69) is 15.4 Å². The third-order valence-corrected chi connectivity index (χ3v) is 6.60. The molecule has 2 aromatic carbocycles. The minimum atomic E-state index is -0.456. The Morgan fingerprint density at radius 2 is 1.97 bits per heavy atom. The van der Waals surface area contributed by atoms with Crippen molar-refractivity contribution in [3.8, 4) is 11.6 Å². The summed E-state index contributed by atoms with van der Waals surface area (Å²) in [5.41, 5.74) is 1.60. The van der Waals surface area contributed by atoms with Crippen LogP contribution in [0.15, 0.2) is 47.6 Å². The summed E-state index contributed by atoms with van der Waals surface area (Å²) in [4.78, 5) is 19.0. The van der Waals surface area contributed by atoms with Crippen molar-refractivity contribution in [1.82, 2.24) is 15.1 Å². The average molecular weight is 536 g/mol. The first-order valence-corrected chi connectivity index (χ1v) is 12.0. The molecule has 0 unspecified atom stereocenters. The molecule has 0 bridgehead atoms. The molecule has 1 amide bonds. The average Bonchev–Trinajstić information content (AvgIpc) is 3.68. The lowest BCUT2D eigenvalue weighted by atomic mass is 10.0. The molecular formula is C24H18Cl3FN4O3. The normalized spacial score (nSPS) is 17.5. The van der Waals surface area contributed by atoms with E-state index in [9.17, 15) is 4.79 Å². The molecule has 1 aliphatic carbocycles. The van der Waals surface area contributed by atoms with Gasteiger partial charge in [0.1, 0.15) is 6.61 Å². The van der Waals surface area contributed by atoms with Crippen LogP contribution in [0.1, 0.15) is 35.4 Å².